The Balaban J connectivity index is 0. The number of carbonyl (C=O) groups is 3. The van der Waals surface area contributed by atoms with Crippen LogP contribution in [0.3, 0.4) is 0 Å². The normalized spacial score (nSPS) is 16.0. The topological polar surface area (TPSA) is 81.8 Å². The predicted molar refractivity (Wildman–Crippen MR) is 93.2 cm³/mol. The van der Waals surface area contributed by atoms with Gasteiger partial charge in [-0.15, -0.1) is 0 Å². The lowest BCUT2D eigenvalue weighted by Crippen LogP contribution is -2.24. The number of hydrogen-bond donors (Lipinski definition) is 2. The van der Waals surface area contributed by atoms with Gasteiger partial charge in [-0.05, 0) is 11.8 Å². The fourth-order valence-electron chi connectivity index (χ4n) is 1.11. The number of nitrogens with one attached hydrogen (secondary N) is 2. The molecule has 0 aliphatic carbocycles. The maximum Gasteiger partial charge on any atom is 0.324 e. The molecular formula is C16H34N4O3. The van der Waals surface area contributed by atoms with E-state index in [0.717, 1.165) is 24.9 Å². The van der Waals surface area contributed by atoms with Gasteiger partial charge in [-0.1, -0.05) is 41.5 Å². The van der Waals surface area contributed by atoms with Crippen LogP contribution in [0.2, 0.25) is 0 Å². The van der Waals surface area contributed by atoms with E-state index in [0.29, 0.717) is 0 Å². The van der Waals surface area contributed by atoms with Crippen LogP contribution >= 0.6 is 0 Å². The Morgan fingerprint density at radius 3 is 1.35 bits per heavy atom. The minimum absolute atomic E-state index is 0.0417. The third kappa shape index (κ3) is 16.4. The Hall–Kier alpha value is -1.79. The molecule has 0 bridgehead atoms. The SMILES string of the molecule is CC(C)C.CC(C)C.CN1CC(=O)NC1=O.CN1CCNC1=O. The predicted octanol–water partition coefficient (Wildman–Crippen LogP) is 2.13. The summed E-state index contributed by atoms with van der Waals surface area (Å²) in [4.78, 5) is 34.0. The van der Waals surface area contributed by atoms with Crippen LogP contribution in [0.1, 0.15) is 41.5 Å². The molecule has 7 heteroatoms. The van der Waals surface area contributed by atoms with Crippen molar-refractivity contribution in [2.24, 2.45) is 11.8 Å². The molecule has 2 rings (SSSR count). The van der Waals surface area contributed by atoms with Crippen molar-refractivity contribution in [2.75, 3.05) is 33.7 Å². The number of amides is 5. The Bertz CT molecular complexity index is 359. The molecule has 2 aliphatic heterocycles. The van der Waals surface area contributed by atoms with Crippen LogP contribution in [0.5, 0.6) is 0 Å². The first kappa shape index (κ1) is 23.5. The van der Waals surface area contributed by atoms with E-state index in [2.05, 4.69) is 52.2 Å². The Labute approximate surface area is 140 Å². The van der Waals surface area contributed by atoms with Gasteiger partial charge in [0.25, 0.3) is 0 Å². The summed E-state index contributed by atoms with van der Waals surface area (Å²) in [6.45, 7) is 14.8. The molecule has 136 valence electrons. The maximum atomic E-state index is 10.4. The van der Waals surface area contributed by atoms with Crippen molar-refractivity contribution in [3.63, 3.8) is 0 Å². The second kappa shape index (κ2) is 12.7. The molecule has 0 aromatic heterocycles. The van der Waals surface area contributed by atoms with Gasteiger partial charge in [-0.25, -0.2) is 9.59 Å². The lowest BCUT2D eigenvalue weighted by Gasteiger charge is -2.01. The largest absolute Gasteiger partial charge is 0.336 e. The van der Waals surface area contributed by atoms with Crippen LogP contribution in [-0.4, -0.2) is 61.5 Å². The van der Waals surface area contributed by atoms with Crippen molar-refractivity contribution in [1.82, 2.24) is 20.4 Å². The number of likely N-dealkylation sites (N-methyl/N-ethyl adjacent to an activating group) is 2. The van der Waals surface area contributed by atoms with Gasteiger partial charge < -0.3 is 15.1 Å². The van der Waals surface area contributed by atoms with Gasteiger partial charge in [0.05, 0.1) is 0 Å². The molecule has 2 N–H and O–H groups in total. The number of imide groups is 1. The third-order valence-corrected chi connectivity index (χ3v) is 2.04. The molecule has 2 saturated heterocycles. The number of rotatable bonds is 0. The van der Waals surface area contributed by atoms with E-state index in [4.69, 9.17) is 0 Å². The van der Waals surface area contributed by atoms with E-state index in [1.807, 2.05) is 0 Å². The lowest BCUT2D eigenvalue weighted by atomic mass is 10.3. The van der Waals surface area contributed by atoms with Crippen LogP contribution in [0.15, 0.2) is 0 Å². The van der Waals surface area contributed by atoms with E-state index in [1.165, 1.54) is 4.90 Å². The van der Waals surface area contributed by atoms with Crippen molar-refractivity contribution in [2.45, 2.75) is 41.5 Å². The van der Waals surface area contributed by atoms with E-state index < -0.39 is 0 Å². The zero-order valence-electron chi connectivity index (χ0n) is 15.9. The molecule has 0 aromatic rings. The van der Waals surface area contributed by atoms with Crippen molar-refractivity contribution in [1.29, 1.82) is 0 Å². The van der Waals surface area contributed by atoms with E-state index >= 15 is 0 Å². The Morgan fingerprint density at radius 2 is 1.26 bits per heavy atom. The van der Waals surface area contributed by atoms with E-state index in [1.54, 1.807) is 19.0 Å². The molecule has 0 atom stereocenters. The van der Waals surface area contributed by atoms with Gasteiger partial charge in [-0.3, -0.25) is 10.1 Å². The molecule has 0 spiro atoms. The van der Waals surface area contributed by atoms with Gasteiger partial charge in [0.2, 0.25) is 5.91 Å². The Morgan fingerprint density at radius 1 is 0.826 bits per heavy atom. The highest BCUT2D eigenvalue weighted by molar-refractivity contribution is 6.01. The molecule has 2 fully saturated rings. The van der Waals surface area contributed by atoms with Crippen LogP contribution in [0, 0.1) is 11.8 Å². The lowest BCUT2D eigenvalue weighted by molar-refractivity contribution is -0.118. The monoisotopic (exact) mass is 330 g/mol. The summed E-state index contributed by atoms with van der Waals surface area (Å²) in [6, 6.07) is -0.269. The van der Waals surface area contributed by atoms with Gasteiger partial charge in [0.1, 0.15) is 6.54 Å². The number of hydrogen-bond acceptors (Lipinski definition) is 3. The summed E-state index contributed by atoms with van der Waals surface area (Å²) < 4.78 is 0. The highest BCUT2D eigenvalue weighted by atomic mass is 16.2. The first-order valence-corrected chi connectivity index (χ1v) is 8.01. The van der Waals surface area contributed by atoms with Gasteiger partial charge in [-0.2, -0.15) is 0 Å². The maximum absolute atomic E-state index is 10.4. The van der Waals surface area contributed by atoms with Gasteiger partial charge >= 0.3 is 12.1 Å². The average Bonchev–Trinajstić information content (AvgIpc) is 2.85. The molecule has 0 unspecified atom stereocenters. The first-order chi connectivity index (χ1) is 10.5. The number of nitrogens with zero attached hydrogens (tertiary/aromatic N) is 2. The van der Waals surface area contributed by atoms with Crippen LogP contribution in [0.4, 0.5) is 9.59 Å². The zero-order chi connectivity index (χ0) is 18.6. The molecule has 5 amide bonds. The first-order valence-electron chi connectivity index (χ1n) is 8.01. The third-order valence-electron chi connectivity index (χ3n) is 2.04. The molecule has 23 heavy (non-hydrogen) atoms. The standard InChI is InChI=1S/C4H6N2O2.C4H8N2O.2C4H10/c1-6-2-3(7)5-4(6)8;1-6-3-2-5-4(6)7;2*1-4(2)3/h2H2,1H3,(H,5,7,8);2-3H2,1H3,(H,5,7);2*4H,1-3H3. The summed E-state index contributed by atoms with van der Waals surface area (Å²) >= 11 is 0. The van der Waals surface area contributed by atoms with E-state index in [9.17, 15) is 14.4 Å². The molecule has 7 nitrogen and oxygen atoms in total. The van der Waals surface area contributed by atoms with Crippen LogP contribution in [-0.2, 0) is 4.79 Å². The highest BCUT2D eigenvalue weighted by Crippen LogP contribution is 1.90. The van der Waals surface area contributed by atoms with Crippen molar-refractivity contribution in [3.8, 4) is 0 Å². The molecule has 0 radical (unpaired) electrons. The smallest absolute Gasteiger partial charge is 0.324 e. The highest BCUT2D eigenvalue weighted by Gasteiger charge is 2.21. The summed E-state index contributed by atoms with van der Waals surface area (Å²) in [5.41, 5.74) is 0. The number of urea groups is 2. The fourth-order valence-corrected chi connectivity index (χ4v) is 1.11. The minimum Gasteiger partial charge on any atom is -0.336 e. The molecular weight excluding hydrogens is 296 g/mol. The second-order valence-electron chi connectivity index (χ2n) is 6.83. The minimum atomic E-state index is -0.310. The van der Waals surface area contributed by atoms with Crippen molar-refractivity contribution < 1.29 is 14.4 Å². The van der Waals surface area contributed by atoms with Gasteiger partial charge in [0, 0.05) is 27.2 Å². The van der Waals surface area contributed by atoms with Gasteiger partial charge in [0.15, 0.2) is 0 Å². The summed E-state index contributed by atoms with van der Waals surface area (Å²) in [5, 5.41) is 4.77. The second-order valence-corrected chi connectivity index (χ2v) is 6.83. The summed E-state index contributed by atoms with van der Waals surface area (Å²) in [5.74, 6) is 1.44. The molecule has 0 aromatic carbocycles. The summed E-state index contributed by atoms with van der Waals surface area (Å²) in [6.07, 6.45) is 0. The van der Waals surface area contributed by atoms with Crippen molar-refractivity contribution >= 4 is 18.0 Å². The van der Waals surface area contributed by atoms with Crippen LogP contribution < -0.4 is 10.6 Å². The van der Waals surface area contributed by atoms with Crippen molar-refractivity contribution in [3.05, 3.63) is 0 Å². The summed E-state index contributed by atoms with van der Waals surface area (Å²) in [7, 11) is 3.35. The average molecular weight is 330 g/mol. The molecule has 2 heterocycles. The molecule has 0 saturated carbocycles. The van der Waals surface area contributed by atoms with E-state index in [-0.39, 0.29) is 24.5 Å². The Kier molecular flexibility index (Phi) is 13.0. The zero-order valence-corrected chi connectivity index (χ0v) is 15.9. The number of carbonyl (C=O) groups excluding carboxylic acids is 3. The quantitative estimate of drug-likeness (QED) is 0.668. The fraction of sp³-hybridized carbons (Fsp3) is 0.812. The van der Waals surface area contributed by atoms with Crippen LogP contribution in [0.25, 0.3) is 0 Å². The molecule has 2 aliphatic rings.